The Bertz CT molecular complexity index is 510. The van der Waals surface area contributed by atoms with Crippen molar-refractivity contribution in [3.63, 3.8) is 0 Å². The molecule has 1 atom stereocenters. The molecule has 1 unspecified atom stereocenters. The molecule has 0 aliphatic rings. The Kier molecular flexibility index (Phi) is 3.15. The SMILES string of the molecule is NC(Cc1ccccc1-n1ccnn1)C(=O)O. The standard InChI is InChI=1S/C11H12N4O2/c12-9(11(16)17)7-8-3-1-2-4-10(8)15-6-5-13-14-15/h1-6,9H,7,12H2,(H,16,17). The molecule has 1 aromatic heterocycles. The van der Waals surface area contributed by atoms with Gasteiger partial charge in [-0.1, -0.05) is 23.4 Å². The first-order valence-corrected chi connectivity index (χ1v) is 5.11. The van der Waals surface area contributed by atoms with Gasteiger partial charge in [0.2, 0.25) is 0 Å². The Balaban J connectivity index is 2.32. The van der Waals surface area contributed by atoms with Crippen LogP contribution in [-0.4, -0.2) is 32.1 Å². The van der Waals surface area contributed by atoms with Gasteiger partial charge in [-0.05, 0) is 11.6 Å². The van der Waals surface area contributed by atoms with Crippen LogP contribution in [0.2, 0.25) is 0 Å². The molecule has 0 saturated carbocycles. The lowest BCUT2D eigenvalue weighted by Crippen LogP contribution is -2.32. The van der Waals surface area contributed by atoms with E-state index in [0.717, 1.165) is 11.3 Å². The van der Waals surface area contributed by atoms with Crippen molar-refractivity contribution in [2.24, 2.45) is 5.73 Å². The van der Waals surface area contributed by atoms with E-state index >= 15 is 0 Å². The molecular formula is C11H12N4O2. The van der Waals surface area contributed by atoms with Crippen molar-refractivity contribution in [1.29, 1.82) is 0 Å². The predicted octanol–water partition coefficient (Wildman–Crippen LogP) is 0.222. The van der Waals surface area contributed by atoms with Crippen molar-refractivity contribution in [2.75, 3.05) is 0 Å². The molecule has 2 rings (SSSR count). The first-order chi connectivity index (χ1) is 8.18. The van der Waals surface area contributed by atoms with Crippen LogP contribution in [0.5, 0.6) is 0 Å². The fourth-order valence-electron chi connectivity index (χ4n) is 1.57. The zero-order chi connectivity index (χ0) is 12.3. The Labute approximate surface area is 97.7 Å². The van der Waals surface area contributed by atoms with E-state index in [1.165, 1.54) is 0 Å². The summed E-state index contributed by atoms with van der Waals surface area (Å²) in [4.78, 5) is 10.7. The van der Waals surface area contributed by atoms with Crippen molar-refractivity contribution >= 4 is 5.97 Å². The summed E-state index contributed by atoms with van der Waals surface area (Å²) in [7, 11) is 0. The minimum Gasteiger partial charge on any atom is -0.480 e. The van der Waals surface area contributed by atoms with E-state index < -0.39 is 12.0 Å². The lowest BCUT2D eigenvalue weighted by atomic mass is 10.0. The third-order valence-corrected chi connectivity index (χ3v) is 2.42. The summed E-state index contributed by atoms with van der Waals surface area (Å²) in [6, 6.07) is 6.45. The lowest BCUT2D eigenvalue weighted by molar-refractivity contribution is -0.138. The lowest BCUT2D eigenvalue weighted by Gasteiger charge is -2.11. The van der Waals surface area contributed by atoms with Crippen LogP contribution in [0.25, 0.3) is 5.69 Å². The molecule has 88 valence electrons. The van der Waals surface area contributed by atoms with E-state index in [9.17, 15) is 4.79 Å². The van der Waals surface area contributed by atoms with E-state index in [1.54, 1.807) is 17.1 Å². The maximum absolute atomic E-state index is 10.7. The minimum atomic E-state index is -1.02. The number of nitrogens with zero attached hydrogens (tertiary/aromatic N) is 3. The molecule has 0 fully saturated rings. The van der Waals surface area contributed by atoms with Gasteiger partial charge in [0.25, 0.3) is 0 Å². The number of nitrogens with two attached hydrogens (primary N) is 1. The molecule has 0 bridgehead atoms. The van der Waals surface area contributed by atoms with Crippen LogP contribution < -0.4 is 5.73 Å². The topological polar surface area (TPSA) is 94.0 Å². The Morgan fingerprint density at radius 2 is 2.24 bits per heavy atom. The zero-order valence-corrected chi connectivity index (χ0v) is 9.02. The summed E-state index contributed by atoms with van der Waals surface area (Å²) >= 11 is 0. The highest BCUT2D eigenvalue weighted by atomic mass is 16.4. The molecule has 3 N–H and O–H groups in total. The Morgan fingerprint density at radius 1 is 1.47 bits per heavy atom. The molecule has 0 aliphatic heterocycles. The van der Waals surface area contributed by atoms with Gasteiger partial charge in [0.1, 0.15) is 6.04 Å². The number of carboxylic acids is 1. The van der Waals surface area contributed by atoms with E-state index in [1.807, 2.05) is 24.3 Å². The van der Waals surface area contributed by atoms with E-state index in [0.29, 0.717) is 0 Å². The molecule has 2 aromatic rings. The normalized spacial score (nSPS) is 12.3. The fraction of sp³-hybridized carbons (Fsp3) is 0.182. The van der Waals surface area contributed by atoms with Crippen molar-refractivity contribution in [2.45, 2.75) is 12.5 Å². The van der Waals surface area contributed by atoms with Gasteiger partial charge in [-0.2, -0.15) is 0 Å². The molecule has 17 heavy (non-hydrogen) atoms. The summed E-state index contributed by atoms with van der Waals surface area (Å²) in [6.07, 6.45) is 3.52. The van der Waals surface area contributed by atoms with Crippen molar-refractivity contribution in [3.05, 3.63) is 42.2 Å². The number of para-hydroxylation sites is 1. The second-order valence-electron chi connectivity index (χ2n) is 3.63. The third-order valence-electron chi connectivity index (χ3n) is 2.42. The van der Waals surface area contributed by atoms with Crippen LogP contribution in [-0.2, 0) is 11.2 Å². The number of rotatable bonds is 4. The highest BCUT2D eigenvalue weighted by Gasteiger charge is 2.15. The minimum absolute atomic E-state index is 0.255. The average Bonchev–Trinajstić information content (AvgIpc) is 2.83. The summed E-state index contributed by atoms with van der Waals surface area (Å²) in [5.74, 6) is -1.02. The Morgan fingerprint density at radius 3 is 2.88 bits per heavy atom. The molecule has 6 heteroatoms. The van der Waals surface area contributed by atoms with Gasteiger partial charge in [-0.3, -0.25) is 4.79 Å². The highest BCUT2D eigenvalue weighted by Crippen LogP contribution is 2.14. The number of hydrogen-bond donors (Lipinski definition) is 2. The monoisotopic (exact) mass is 232 g/mol. The third kappa shape index (κ3) is 2.48. The van der Waals surface area contributed by atoms with Crippen LogP contribution in [0.3, 0.4) is 0 Å². The molecule has 6 nitrogen and oxygen atoms in total. The summed E-state index contributed by atoms with van der Waals surface area (Å²) in [6.45, 7) is 0. The van der Waals surface area contributed by atoms with Gasteiger partial charge in [0, 0.05) is 6.42 Å². The summed E-state index contributed by atoms with van der Waals surface area (Å²) < 4.78 is 1.59. The van der Waals surface area contributed by atoms with Gasteiger partial charge < -0.3 is 10.8 Å². The number of aromatic nitrogens is 3. The summed E-state index contributed by atoms with van der Waals surface area (Å²) in [5, 5.41) is 16.4. The number of aliphatic carboxylic acids is 1. The van der Waals surface area contributed by atoms with Gasteiger partial charge >= 0.3 is 5.97 Å². The smallest absolute Gasteiger partial charge is 0.320 e. The van der Waals surface area contributed by atoms with Crippen LogP contribution in [0.1, 0.15) is 5.56 Å². The highest BCUT2D eigenvalue weighted by molar-refractivity contribution is 5.73. The van der Waals surface area contributed by atoms with Crippen molar-refractivity contribution < 1.29 is 9.90 Å². The second-order valence-corrected chi connectivity index (χ2v) is 3.63. The number of carbonyl (C=O) groups is 1. The molecule has 1 heterocycles. The quantitative estimate of drug-likeness (QED) is 0.786. The molecule has 0 aliphatic carbocycles. The molecule has 1 aromatic carbocycles. The first-order valence-electron chi connectivity index (χ1n) is 5.11. The van der Waals surface area contributed by atoms with Crippen molar-refractivity contribution in [1.82, 2.24) is 15.0 Å². The van der Waals surface area contributed by atoms with E-state index in [-0.39, 0.29) is 6.42 Å². The zero-order valence-electron chi connectivity index (χ0n) is 9.02. The average molecular weight is 232 g/mol. The largest absolute Gasteiger partial charge is 0.480 e. The number of carboxylic acid groups (broad SMARTS) is 1. The van der Waals surface area contributed by atoms with E-state index in [4.69, 9.17) is 10.8 Å². The van der Waals surface area contributed by atoms with Gasteiger partial charge in [-0.25, -0.2) is 4.68 Å². The van der Waals surface area contributed by atoms with E-state index in [2.05, 4.69) is 10.3 Å². The first kappa shape index (κ1) is 11.3. The van der Waals surface area contributed by atoms with Crippen molar-refractivity contribution in [3.8, 4) is 5.69 Å². The molecule has 0 spiro atoms. The molecule has 0 radical (unpaired) electrons. The molecular weight excluding hydrogens is 220 g/mol. The van der Waals surface area contributed by atoms with Gasteiger partial charge in [-0.15, -0.1) is 5.10 Å². The maximum atomic E-state index is 10.7. The predicted molar refractivity (Wildman–Crippen MR) is 60.7 cm³/mol. The van der Waals surface area contributed by atoms with Gasteiger partial charge in [0.05, 0.1) is 18.1 Å². The van der Waals surface area contributed by atoms with Crippen LogP contribution in [0, 0.1) is 0 Å². The summed E-state index contributed by atoms with van der Waals surface area (Å²) in [5.41, 5.74) is 7.15. The van der Waals surface area contributed by atoms with Crippen LogP contribution in [0.4, 0.5) is 0 Å². The second kappa shape index (κ2) is 4.75. The fourth-order valence-corrected chi connectivity index (χ4v) is 1.57. The van der Waals surface area contributed by atoms with Gasteiger partial charge in [0.15, 0.2) is 0 Å². The molecule has 0 saturated heterocycles. The number of benzene rings is 1. The van der Waals surface area contributed by atoms with Crippen LogP contribution >= 0.6 is 0 Å². The maximum Gasteiger partial charge on any atom is 0.320 e. The Hall–Kier alpha value is -2.21. The molecule has 0 amide bonds. The number of hydrogen-bond acceptors (Lipinski definition) is 4. The van der Waals surface area contributed by atoms with Crippen LogP contribution in [0.15, 0.2) is 36.7 Å².